The summed E-state index contributed by atoms with van der Waals surface area (Å²) in [5, 5.41) is 0.754. The molecule has 0 heterocycles. The molecule has 2 rings (SSSR count). The van der Waals surface area contributed by atoms with Crippen LogP contribution in [-0.2, 0) is 6.54 Å². The fraction of sp³-hybridized carbons (Fsp3) is 0.200. The van der Waals surface area contributed by atoms with Crippen molar-refractivity contribution in [1.29, 1.82) is 0 Å². The van der Waals surface area contributed by atoms with Gasteiger partial charge in [-0.3, -0.25) is 0 Å². The predicted molar refractivity (Wildman–Crippen MR) is 79.1 cm³/mol. The Labute approximate surface area is 113 Å². The number of halogens is 1. The average molecular weight is 261 g/mol. The van der Waals surface area contributed by atoms with Gasteiger partial charge in [0.1, 0.15) is 0 Å². The van der Waals surface area contributed by atoms with Crippen LogP contribution < -0.4 is 10.6 Å². The van der Waals surface area contributed by atoms with Gasteiger partial charge in [-0.25, -0.2) is 0 Å². The van der Waals surface area contributed by atoms with E-state index in [9.17, 15) is 0 Å². The lowest BCUT2D eigenvalue weighted by Gasteiger charge is -2.13. The van der Waals surface area contributed by atoms with Crippen molar-refractivity contribution in [1.82, 2.24) is 0 Å². The van der Waals surface area contributed by atoms with Gasteiger partial charge in [-0.1, -0.05) is 29.8 Å². The van der Waals surface area contributed by atoms with Gasteiger partial charge < -0.3 is 10.6 Å². The first-order chi connectivity index (χ1) is 8.61. The summed E-state index contributed by atoms with van der Waals surface area (Å²) in [5.41, 5.74) is 10.1. The number of hydrogen-bond acceptors (Lipinski definition) is 2. The summed E-state index contributed by atoms with van der Waals surface area (Å²) in [7, 11) is 4.05. The molecule has 94 valence electrons. The van der Waals surface area contributed by atoms with Gasteiger partial charge in [0.25, 0.3) is 0 Å². The van der Waals surface area contributed by atoms with Crippen molar-refractivity contribution in [2.24, 2.45) is 5.73 Å². The average Bonchev–Trinajstić information content (AvgIpc) is 2.39. The number of rotatable bonds is 3. The lowest BCUT2D eigenvalue weighted by molar-refractivity contribution is 1.07. The van der Waals surface area contributed by atoms with Crippen LogP contribution in [0.3, 0.4) is 0 Å². The molecule has 0 aliphatic carbocycles. The Bertz CT molecular complexity index is 533. The van der Waals surface area contributed by atoms with Crippen LogP contribution in [0, 0.1) is 0 Å². The monoisotopic (exact) mass is 260 g/mol. The highest BCUT2D eigenvalue weighted by atomic mass is 35.5. The summed E-state index contributed by atoms with van der Waals surface area (Å²) in [4.78, 5) is 2.07. The zero-order valence-electron chi connectivity index (χ0n) is 10.7. The van der Waals surface area contributed by atoms with Gasteiger partial charge in [-0.15, -0.1) is 0 Å². The van der Waals surface area contributed by atoms with Gasteiger partial charge in [0, 0.05) is 36.9 Å². The van der Waals surface area contributed by atoms with E-state index in [1.54, 1.807) is 0 Å². The molecule has 0 saturated carbocycles. The second-order valence-electron chi connectivity index (χ2n) is 4.46. The first-order valence-corrected chi connectivity index (χ1v) is 6.26. The molecule has 2 nitrogen and oxygen atoms in total. The second kappa shape index (κ2) is 5.42. The molecule has 0 unspecified atom stereocenters. The molecule has 3 heteroatoms. The van der Waals surface area contributed by atoms with E-state index in [0.717, 1.165) is 21.7 Å². The van der Waals surface area contributed by atoms with E-state index in [2.05, 4.69) is 29.2 Å². The molecule has 0 atom stereocenters. The number of hydrogen-bond donors (Lipinski definition) is 1. The molecule has 2 aromatic carbocycles. The summed E-state index contributed by atoms with van der Waals surface area (Å²) in [6, 6.07) is 14.2. The topological polar surface area (TPSA) is 29.3 Å². The van der Waals surface area contributed by atoms with Crippen LogP contribution in [0.4, 0.5) is 5.69 Å². The SMILES string of the molecule is CN(C)c1ccc(-c2cc(CN)ccc2Cl)cc1. The highest BCUT2D eigenvalue weighted by Crippen LogP contribution is 2.30. The Morgan fingerprint density at radius 1 is 1.06 bits per heavy atom. The molecule has 0 radical (unpaired) electrons. The first-order valence-electron chi connectivity index (χ1n) is 5.88. The van der Waals surface area contributed by atoms with Crippen molar-refractivity contribution in [3.8, 4) is 11.1 Å². The highest BCUT2D eigenvalue weighted by molar-refractivity contribution is 6.33. The highest BCUT2D eigenvalue weighted by Gasteiger charge is 2.05. The molecule has 0 aliphatic heterocycles. The maximum atomic E-state index is 6.24. The van der Waals surface area contributed by atoms with Crippen molar-refractivity contribution < 1.29 is 0 Å². The Kier molecular flexibility index (Phi) is 3.90. The molecule has 18 heavy (non-hydrogen) atoms. The largest absolute Gasteiger partial charge is 0.378 e. The minimum atomic E-state index is 0.528. The summed E-state index contributed by atoms with van der Waals surface area (Å²) in [6.45, 7) is 0.528. The van der Waals surface area contributed by atoms with Crippen molar-refractivity contribution >= 4 is 17.3 Å². The minimum Gasteiger partial charge on any atom is -0.378 e. The van der Waals surface area contributed by atoms with Gasteiger partial charge >= 0.3 is 0 Å². The van der Waals surface area contributed by atoms with E-state index >= 15 is 0 Å². The zero-order chi connectivity index (χ0) is 13.1. The van der Waals surface area contributed by atoms with Crippen molar-refractivity contribution in [2.75, 3.05) is 19.0 Å². The van der Waals surface area contributed by atoms with Crippen LogP contribution in [-0.4, -0.2) is 14.1 Å². The van der Waals surface area contributed by atoms with Crippen LogP contribution in [0.2, 0.25) is 5.02 Å². The van der Waals surface area contributed by atoms with E-state index in [1.165, 1.54) is 5.69 Å². The van der Waals surface area contributed by atoms with E-state index < -0.39 is 0 Å². The summed E-state index contributed by atoms with van der Waals surface area (Å²) < 4.78 is 0. The third-order valence-corrected chi connectivity index (χ3v) is 3.29. The predicted octanol–water partition coefficient (Wildman–Crippen LogP) is 3.53. The van der Waals surface area contributed by atoms with Crippen LogP contribution >= 0.6 is 11.6 Å². The lowest BCUT2D eigenvalue weighted by atomic mass is 10.0. The molecule has 0 aliphatic rings. The van der Waals surface area contributed by atoms with Crippen LogP contribution in [0.15, 0.2) is 42.5 Å². The molecular weight excluding hydrogens is 244 g/mol. The van der Waals surface area contributed by atoms with Gasteiger partial charge in [0.2, 0.25) is 0 Å². The summed E-state index contributed by atoms with van der Waals surface area (Å²) >= 11 is 6.24. The molecule has 0 fully saturated rings. The third kappa shape index (κ3) is 2.66. The fourth-order valence-corrected chi connectivity index (χ4v) is 2.09. The van der Waals surface area contributed by atoms with Crippen molar-refractivity contribution in [3.05, 3.63) is 53.1 Å². The Balaban J connectivity index is 2.41. The number of anilines is 1. The van der Waals surface area contributed by atoms with Crippen LogP contribution in [0.5, 0.6) is 0 Å². The maximum absolute atomic E-state index is 6.24. The second-order valence-corrected chi connectivity index (χ2v) is 4.87. The third-order valence-electron chi connectivity index (χ3n) is 2.96. The lowest BCUT2D eigenvalue weighted by Crippen LogP contribution is -2.07. The standard InChI is InChI=1S/C15H17ClN2/c1-18(2)13-6-4-12(5-7-13)14-9-11(10-17)3-8-15(14)16/h3-9H,10,17H2,1-2H3. The Morgan fingerprint density at radius 3 is 2.28 bits per heavy atom. The number of nitrogens with two attached hydrogens (primary N) is 1. The fourth-order valence-electron chi connectivity index (χ4n) is 1.86. The zero-order valence-corrected chi connectivity index (χ0v) is 11.4. The molecule has 0 saturated heterocycles. The molecule has 0 spiro atoms. The first kappa shape index (κ1) is 12.9. The number of nitrogens with zero attached hydrogens (tertiary/aromatic N) is 1. The van der Waals surface area contributed by atoms with Gasteiger partial charge in [0.15, 0.2) is 0 Å². The summed E-state index contributed by atoms with van der Waals surface area (Å²) in [6.07, 6.45) is 0. The van der Waals surface area contributed by atoms with Gasteiger partial charge in [-0.2, -0.15) is 0 Å². The van der Waals surface area contributed by atoms with E-state index in [-0.39, 0.29) is 0 Å². The summed E-state index contributed by atoms with van der Waals surface area (Å²) in [5.74, 6) is 0. The van der Waals surface area contributed by atoms with E-state index in [1.807, 2.05) is 32.3 Å². The van der Waals surface area contributed by atoms with Crippen LogP contribution in [0.1, 0.15) is 5.56 Å². The molecule has 0 bridgehead atoms. The Morgan fingerprint density at radius 2 is 1.72 bits per heavy atom. The normalized spacial score (nSPS) is 10.4. The van der Waals surface area contributed by atoms with Gasteiger partial charge in [-0.05, 0) is 35.4 Å². The van der Waals surface area contributed by atoms with E-state index in [0.29, 0.717) is 6.54 Å². The van der Waals surface area contributed by atoms with Crippen LogP contribution in [0.25, 0.3) is 11.1 Å². The molecule has 2 N–H and O–H groups in total. The Hall–Kier alpha value is -1.51. The minimum absolute atomic E-state index is 0.528. The molecule has 0 amide bonds. The number of benzene rings is 2. The van der Waals surface area contributed by atoms with Crippen molar-refractivity contribution in [2.45, 2.75) is 6.54 Å². The molecule has 0 aromatic heterocycles. The smallest absolute Gasteiger partial charge is 0.0484 e. The molecule has 2 aromatic rings. The van der Waals surface area contributed by atoms with E-state index in [4.69, 9.17) is 17.3 Å². The maximum Gasteiger partial charge on any atom is 0.0484 e. The molecular formula is C15H17ClN2. The van der Waals surface area contributed by atoms with Crippen molar-refractivity contribution in [3.63, 3.8) is 0 Å². The van der Waals surface area contributed by atoms with Gasteiger partial charge in [0.05, 0.1) is 0 Å². The quantitative estimate of drug-likeness (QED) is 0.915.